The van der Waals surface area contributed by atoms with E-state index >= 15 is 0 Å². The number of fused-ring (bicyclic) bond motifs is 1. The maximum absolute atomic E-state index is 10.6. The van der Waals surface area contributed by atoms with Crippen molar-refractivity contribution in [3.8, 4) is 0 Å². The molecule has 2 aromatic rings. The number of aliphatic carboxylic acids is 2. The third-order valence-corrected chi connectivity index (χ3v) is 5.26. The molecule has 1 aliphatic carbocycles. The van der Waals surface area contributed by atoms with E-state index in [9.17, 15) is 26.3 Å². The quantitative estimate of drug-likeness (QED) is 0.542. The molecular formula is C22H24F6N2O7. The van der Waals surface area contributed by atoms with Gasteiger partial charge >= 0.3 is 24.3 Å². The lowest BCUT2D eigenvalue weighted by atomic mass is 10.1. The second kappa shape index (κ2) is 13.4. The zero-order chi connectivity index (χ0) is 27.6. The number of aromatic nitrogens is 1. The SMILES string of the molecule is O=C(O)C(F)(F)F.O=C(O)C(F)(F)F.c1cncc(CO[C@@H]2CC[C@H]3[C@H]2OCCN3Cc2ccco2)c1. The summed E-state index contributed by atoms with van der Waals surface area (Å²) < 4.78 is 81.1. The standard InChI is InChI=1S/C18H22N2O3.2C2HF3O2/c1-3-14(11-19-7-1)13-23-17-6-5-16-18(17)22-10-8-20(16)12-15-4-2-9-21-15;2*3-2(4,5)1(6)7/h1-4,7,9,11,16-18H,5-6,8,10,12-13H2;2*(H,6,7)/t16-,17+,18+;;/m0../s1. The molecule has 2 aromatic heterocycles. The Morgan fingerprint density at radius 1 is 1.05 bits per heavy atom. The third-order valence-electron chi connectivity index (χ3n) is 5.26. The van der Waals surface area contributed by atoms with Crippen LogP contribution in [-0.2, 0) is 32.2 Å². The lowest BCUT2D eigenvalue weighted by Crippen LogP contribution is -2.51. The first kappa shape index (κ1) is 30.1. The van der Waals surface area contributed by atoms with Gasteiger partial charge in [-0.25, -0.2) is 9.59 Å². The van der Waals surface area contributed by atoms with Crippen LogP contribution in [0.25, 0.3) is 0 Å². The monoisotopic (exact) mass is 542 g/mol. The zero-order valence-corrected chi connectivity index (χ0v) is 19.1. The molecule has 0 bridgehead atoms. The maximum Gasteiger partial charge on any atom is 0.490 e. The Balaban J connectivity index is 0.000000286. The van der Waals surface area contributed by atoms with Gasteiger partial charge in [0.25, 0.3) is 0 Å². The van der Waals surface area contributed by atoms with E-state index in [0.29, 0.717) is 12.6 Å². The molecule has 3 atom stereocenters. The van der Waals surface area contributed by atoms with Gasteiger partial charge < -0.3 is 24.1 Å². The van der Waals surface area contributed by atoms with Gasteiger partial charge in [0, 0.05) is 25.0 Å². The van der Waals surface area contributed by atoms with E-state index < -0.39 is 24.3 Å². The molecule has 0 unspecified atom stereocenters. The summed E-state index contributed by atoms with van der Waals surface area (Å²) in [6, 6.07) is 8.40. The molecule has 1 saturated carbocycles. The Morgan fingerprint density at radius 3 is 2.22 bits per heavy atom. The minimum absolute atomic E-state index is 0.162. The van der Waals surface area contributed by atoms with Crippen molar-refractivity contribution in [1.82, 2.24) is 9.88 Å². The summed E-state index contributed by atoms with van der Waals surface area (Å²) in [6.07, 6.45) is -2.30. The molecule has 1 aliphatic heterocycles. The van der Waals surface area contributed by atoms with Crippen LogP contribution in [-0.4, -0.2) is 75.8 Å². The van der Waals surface area contributed by atoms with Crippen LogP contribution in [0.15, 0.2) is 47.3 Å². The maximum atomic E-state index is 10.6. The molecule has 206 valence electrons. The molecule has 2 N–H and O–H groups in total. The molecule has 3 heterocycles. The molecule has 37 heavy (non-hydrogen) atoms. The van der Waals surface area contributed by atoms with Crippen LogP contribution in [0, 0.1) is 0 Å². The van der Waals surface area contributed by atoms with Crippen LogP contribution in [0.3, 0.4) is 0 Å². The van der Waals surface area contributed by atoms with Crippen LogP contribution in [0.4, 0.5) is 26.3 Å². The Labute approximate surface area is 206 Å². The summed E-state index contributed by atoms with van der Waals surface area (Å²) in [7, 11) is 0. The van der Waals surface area contributed by atoms with Crippen LogP contribution in [0.2, 0.25) is 0 Å². The van der Waals surface area contributed by atoms with Gasteiger partial charge in [0.05, 0.1) is 38.2 Å². The number of hydrogen-bond donors (Lipinski definition) is 2. The predicted octanol–water partition coefficient (Wildman–Crippen LogP) is 3.89. The third kappa shape index (κ3) is 10.0. The van der Waals surface area contributed by atoms with Crippen molar-refractivity contribution in [1.29, 1.82) is 0 Å². The van der Waals surface area contributed by atoms with Crippen molar-refractivity contribution < 1.29 is 60.0 Å². The van der Waals surface area contributed by atoms with Crippen molar-refractivity contribution in [3.63, 3.8) is 0 Å². The van der Waals surface area contributed by atoms with Crippen molar-refractivity contribution >= 4 is 11.9 Å². The van der Waals surface area contributed by atoms with Gasteiger partial charge in [-0.1, -0.05) is 6.07 Å². The lowest BCUT2D eigenvalue weighted by Gasteiger charge is -2.38. The highest BCUT2D eigenvalue weighted by Crippen LogP contribution is 2.33. The van der Waals surface area contributed by atoms with Gasteiger partial charge in [0.1, 0.15) is 5.76 Å². The number of nitrogens with zero attached hydrogens (tertiary/aromatic N) is 2. The fraction of sp³-hybridized carbons (Fsp3) is 0.500. The second-order valence-corrected chi connectivity index (χ2v) is 7.85. The number of ether oxygens (including phenoxy) is 2. The number of morpholine rings is 1. The summed E-state index contributed by atoms with van der Waals surface area (Å²) >= 11 is 0. The van der Waals surface area contributed by atoms with E-state index in [2.05, 4.69) is 9.88 Å². The average molecular weight is 542 g/mol. The van der Waals surface area contributed by atoms with Crippen molar-refractivity contribution in [2.45, 2.75) is 56.6 Å². The number of alkyl halides is 6. The van der Waals surface area contributed by atoms with Crippen LogP contribution in [0.5, 0.6) is 0 Å². The highest BCUT2D eigenvalue weighted by atomic mass is 19.4. The van der Waals surface area contributed by atoms with Crippen LogP contribution >= 0.6 is 0 Å². The van der Waals surface area contributed by atoms with Crippen molar-refractivity contribution in [2.75, 3.05) is 13.2 Å². The summed E-state index contributed by atoms with van der Waals surface area (Å²) in [5.74, 6) is -4.50. The number of furan rings is 1. The largest absolute Gasteiger partial charge is 0.490 e. The van der Waals surface area contributed by atoms with E-state index in [-0.39, 0.29) is 12.2 Å². The highest BCUT2D eigenvalue weighted by molar-refractivity contribution is 5.73. The fourth-order valence-electron chi connectivity index (χ4n) is 3.66. The Bertz CT molecular complexity index is 946. The molecule has 15 heteroatoms. The Morgan fingerprint density at radius 2 is 1.70 bits per heavy atom. The predicted molar refractivity (Wildman–Crippen MR) is 112 cm³/mol. The summed E-state index contributed by atoms with van der Waals surface area (Å²) in [5, 5.41) is 14.2. The molecule has 9 nitrogen and oxygen atoms in total. The van der Waals surface area contributed by atoms with Gasteiger partial charge in [-0.2, -0.15) is 26.3 Å². The van der Waals surface area contributed by atoms with Crippen LogP contribution in [0.1, 0.15) is 24.2 Å². The van der Waals surface area contributed by atoms with E-state index in [4.69, 9.17) is 33.7 Å². The van der Waals surface area contributed by atoms with Crippen molar-refractivity contribution in [2.24, 2.45) is 0 Å². The molecule has 1 saturated heterocycles. The second-order valence-electron chi connectivity index (χ2n) is 7.85. The summed E-state index contributed by atoms with van der Waals surface area (Å²) in [4.78, 5) is 24.4. The first-order valence-electron chi connectivity index (χ1n) is 10.8. The van der Waals surface area contributed by atoms with Crippen LogP contribution < -0.4 is 0 Å². The van der Waals surface area contributed by atoms with E-state index in [0.717, 1.165) is 43.9 Å². The molecule has 0 aromatic carbocycles. The minimum Gasteiger partial charge on any atom is -0.475 e. The number of pyridine rings is 1. The van der Waals surface area contributed by atoms with E-state index in [1.807, 2.05) is 30.5 Å². The topological polar surface area (TPSA) is 122 Å². The lowest BCUT2D eigenvalue weighted by molar-refractivity contribution is -0.193. The molecule has 2 fully saturated rings. The molecule has 0 amide bonds. The normalized spacial score (nSPS) is 21.6. The first-order chi connectivity index (χ1) is 17.3. The highest BCUT2D eigenvalue weighted by Gasteiger charge is 2.43. The van der Waals surface area contributed by atoms with Gasteiger partial charge in [0.15, 0.2) is 0 Å². The number of carbonyl (C=O) groups is 2. The Kier molecular flexibility index (Phi) is 10.9. The average Bonchev–Trinajstić information content (AvgIpc) is 3.48. The Hall–Kier alpha value is -3.17. The molecule has 0 radical (unpaired) electrons. The number of carboxylic acids is 2. The number of rotatable bonds is 5. The number of hydrogen-bond acceptors (Lipinski definition) is 7. The minimum atomic E-state index is -5.08. The molecule has 0 spiro atoms. The van der Waals surface area contributed by atoms with Crippen molar-refractivity contribution in [3.05, 3.63) is 54.2 Å². The van der Waals surface area contributed by atoms with Gasteiger partial charge in [-0.15, -0.1) is 0 Å². The summed E-state index contributed by atoms with van der Waals surface area (Å²) in [5.41, 5.74) is 1.11. The number of halogens is 6. The first-order valence-corrected chi connectivity index (χ1v) is 10.8. The van der Waals surface area contributed by atoms with E-state index in [1.54, 1.807) is 12.5 Å². The summed E-state index contributed by atoms with van der Waals surface area (Å²) in [6.45, 7) is 3.17. The zero-order valence-electron chi connectivity index (χ0n) is 19.1. The fourth-order valence-corrected chi connectivity index (χ4v) is 3.66. The van der Waals surface area contributed by atoms with Gasteiger partial charge in [-0.05, 0) is 36.6 Å². The molecule has 4 rings (SSSR count). The molecule has 2 aliphatic rings. The van der Waals surface area contributed by atoms with Gasteiger partial charge in [-0.3, -0.25) is 9.88 Å². The van der Waals surface area contributed by atoms with Gasteiger partial charge in [0.2, 0.25) is 0 Å². The molecular weight excluding hydrogens is 518 g/mol. The van der Waals surface area contributed by atoms with E-state index in [1.165, 1.54) is 0 Å². The smallest absolute Gasteiger partial charge is 0.475 e. The number of carboxylic acid groups (broad SMARTS) is 2.